The summed E-state index contributed by atoms with van der Waals surface area (Å²) in [4.78, 5) is 13.9. The first-order chi connectivity index (χ1) is 6.24. The Hall–Kier alpha value is -1.04. The Labute approximate surface area is 85.9 Å². The highest BCUT2D eigenvalue weighted by molar-refractivity contribution is 6.35. The number of carbonyl (C=O) groups excluding carboxylic acids is 1. The van der Waals surface area contributed by atoms with E-state index in [2.05, 4.69) is 16.8 Å². The molecule has 0 radical (unpaired) electrons. The van der Waals surface area contributed by atoms with Crippen molar-refractivity contribution in [2.75, 3.05) is 0 Å². The zero-order chi connectivity index (χ0) is 9.68. The first-order valence-corrected chi connectivity index (χ1v) is 4.23. The lowest BCUT2D eigenvalue weighted by atomic mass is 10.3. The number of halogens is 2. The normalized spacial score (nSPS) is 8.77. The molecule has 0 atom stereocenters. The van der Waals surface area contributed by atoms with Crippen LogP contribution in [-0.2, 0) is 4.79 Å². The minimum absolute atomic E-state index is 0.181. The second-order valence-electron chi connectivity index (χ2n) is 2.16. The number of hydrogen-bond acceptors (Lipinski definition) is 2. The fourth-order valence-electron chi connectivity index (χ4n) is 0.683. The molecule has 0 saturated heterocycles. The third-order valence-electron chi connectivity index (χ3n) is 1.20. The maximum absolute atomic E-state index is 9.96. The Balaban J connectivity index is 2.91. The van der Waals surface area contributed by atoms with Crippen LogP contribution in [0, 0.1) is 11.8 Å². The third kappa shape index (κ3) is 3.06. The van der Waals surface area contributed by atoms with Crippen LogP contribution in [0.4, 0.5) is 0 Å². The van der Waals surface area contributed by atoms with Gasteiger partial charge in [-0.2, -0.15) is 0 Å². The summed E-state index contributed by atoms with van der Waals surface area (Å²) < 4.78 is 0. The number of hydrogen-bond donors (Lipinski definition) is 0. The summed E-state index contributed by atoms with van der Waals surface area (Å²) in [6.07, 6.45) is 2.36. The smallest absolute Gasteiger partial charge is 0.131 e. The summed E-state index contributed by atoms with van der Waals surface area (Å²) in [6.45, 7) is 0. The molecule has 66 valence electrons. The van der Waals surface area contributed by atoms with Crippen LogP contribution in [0.1, 0.15) is 12.1 Å². The van der Waals surface area contributed by atoms with Crippen LogP contribution in [0.2, 0.25) is 10.0 Å². The fourth-order valence-corrected chi connectivity index (χ4v) is 1.11. The van der Waals surface area contributed by atoms with Crippen molar-refractivity contribution in [2.24, 2.45) is 0 Å². The quantitative estimate of drug-likeness (QED) is 0.530. The standard InChI is InChI=1S/C9H5Cl2NO/c10-7-5-8(11)9(12-6-7)3-1-2-4-13/h4-6H,2H2. The highest BCUT2D eigenvalue weighted by atomic mass is 35.5. The second kappa shape index (κ2) is 4.86. The number of nitrogens with zero attached hydrogens (tertiary/aromatic N) is 1. The van der Waals surface area contributed by atoms with Gasteiger partial charge in [0.2, 0.25) is 0 Å². The fraction of sp³-hybridized carbons (Fsp3) is 0.111. The first-order valence-electron chi connectivity index (χ1n) is 3.47. The topological polar surface area (TPSA) is 30.0 Å². The molecule has 0 aliphatic rings. The molecule has 1 rings (SSSR count). The summed E-state index contributed by atoms with van der Waals surface area (Å²) in [5, 5.41) is 0.858. The molecule has 13 heavy (non-hydrogen) atoms. The highest BCUT2D eigenvalue weighted by Gasteiger charge is 1.98. The Morgan fingerprint density at radius 1 is 1.54 bits per heavy atom. The predicted octanol–water partition coefficient (Wildman–Crippen LogP) is 2.33. The first kappa shape index (κ1) is 10.0. The molecular weight excluding hydrogens is 209 g/mol. The summed E-state index contributed by atoms with van der Waals surface area (Å²) in [5.41, 5.74) is 0.438. The van der Waals surface area contributed by atoms with Crippen molar-refractivity contribution < 1.29 is 4.79 Å². The molecule has 1 aromatic heterocycles. The molecule has 0 fully saturated rings. The molecule has 0 N–H and O–H groups in total. The molecule has 1 aromatic rings. The molecule has 2 nitrogen and oxygen atoms in total. The highest BCUT2D eigenvalue weighted by Crippen LogP contribution is 2.17. The maximum atomic E-state index is 9.96. The van der Waals surface area contributed by atoms with Crippen molar-refractivity contribution in [1.82, 2.24) is 4.98 Å². The molecule has 0 unspecified atom stereocenters. The molecular formula is C9H5Cl2NO. The van der Waals surface area contributed by atoms with Crippen molar-refractivity contribution in [1.29, 1.82) is 0 Å². The number of rotatable bonds is 1. The lowest BCUT2D eigenvalue weighted by Gasteiger charge is -1.93. The van der Waals surface area contributed by atoms with E-state index in [1.54, 1.807) is 6.07 Å². The largest absolute Gasteiger partial charge is 0.302 e. The van der Waals surface area contributed by atoms with E-state index >= 15 is 0 Å². The van der Waals surface area contributed by atoms with Crippen LogP contribution in [0.25, 0.3) is 0 Å². The number of carbonyl (C=O) groups is 1. The predicted molar refractivity (Wildman–Crippen MR) is 51.8 cm³/mol. The van der Waals surface area contributed by atoms with E-state index in [0.717, 1.165) is 6.29 Å². The Bertz CT molecular complexity index is 379. The Kier molecular flexibility index (Phi) is 3.75. The number of aromatic nitrogens is 1. The lowest BCUT2D eigenvalue weighted by Crippen LogP contribution is -1.83. The van der Waals surface area contributed by atoms with Gasteiger partial charge in [0.1, 0.15) is 12.0 Å². The van der Waals surface area contributed by atoms with Crippen molar-refractivity contribution >= 4 is 29.5 Å². The third-order valence-corrected chi connectivity index (χ3v) is 1.69. The Morgan fingerprint density at radius 2 is 2.31 bits per heavy atom. The molecule has 1 heterocycles. The summed E-state index contributed by atoms with van der Waals surface area (Å²) in [7, 11) is 0. The molecule has 0 aliphatic heterocycles. The van der Waals surface area contributed by atoms with Crippen LogP contribution in [0.5, 0.6) is 0 Å². The van der Waals surface area contributed by atoms with Crippen LogP contribution >= 0.6 is 23.2 Å². The maximum Gasteiger partial charge on any atom is 0.131 e. The molecule has 4 heteroatoms. The van der Waals surface area contributed by atoms with Gasteiger partial charge in [0, 0.05) is 6.20 Å². The van der Waals surface area contributed by atoms with Gasteiger partial charge in [0.15, 0.2) is 0 Å². The average Bonchev–Trinajstić information content (AvgIpc) is 2.09. The summed E-state index contributed by atoms with van der Waals surface area (Å²) in [5.74, 6) is 5.26. The zero-order valence-electron chi connectivity index (χ0n) is 6.55. The van der Waals surface area contributed by atoms with Crippen LogP contribution in [0.15, 0.2) is 12.3 Å². The van der Waals surface area contributed by atoms with Gasteiger partial charge in [-0.3, -0.25) is 0 Å². The van der Waals surface area contributed by atoms with Gasteiger partial charge < -0.3 is 4.79 Å². The average molecular weight is 214 g/mol. The minimum Gasteiger partial charge on any atom is -0.302 e. The van der Waals surface area contributed by atoms with E-state index in [0.29, 0.717) is 15.7 Å². The Morgan fingerprint density at radius 3 is 2.92 bits per heavy atom. The van der Waals surface area contributed by atoms with Crippen molar-refractivity contribution in [3.63, 3.8) is 0 Å². The van der Waals surface area contributed by atoms with E-state index < -0.39 is 0 Å². The van der Waals surface area contributed by atoms with Gasteiger partial charge in [-0.1, -0.05) is 29.1 Å². The molecule has 0 spiro atoms. The van der Waals surface area contributed by atoms with E-state index in [1.807, 2.05) is 0 Å². The zero-order valence-corrected chi connectivity index (χ0v) is 8.06. The monoisotopic (exact) mass is 213 g/mol. The minimum atomic E-state index is 0.181. The molecule has 0 aliphatic carbocycles. The number of pyridine rings is 1. The van der Waals surface area contributed by atoms with Crippen LogP contribution in [0.3, 0.4) is 0 Å². The second-order valence-corrected chi connectivity index (χ2v) is 3.00. The molecule has 0 saturated carbocycles. The van der Waals surface area contributed by atoms with E-state index in [4.69, 9.17) is 23.2 Å². The van der Waals surface area contributed by atoms with Crippen molar-refractivity contribution in [3.05, 3.63) is 28.0 Å². The SMILES string of the molecule is O=CCC#Cc1ncc(Cl)cc1Cl. The van der Waals surface area contributed by atoms with Gasteiger partial charge in [-0.15, -0.1) is 0 Å². The number of aldehydes is 1. The van der Waals surface area contributed by atoms with Gasteiger partial charge in [0.05, 0.1) is 16.5 Å². The van der Waals surface area contributed by atoms with Crippen molar-refractivity contribution in [2.45, 2.75) is 6.42 Å². The molecule has 0 amide bonds. The van der Waals surface area contributed by atoms with Gasteiger partial charge in [-0.25, -0.2) is 4.98 Å². The molecule has 0 aromatic carbocycles. The van der Waals surface area contributed by atoms with Gasteiger partial charge >= 0.3 is 0 Å². The summed E-state index contributed by atoms with van der Waals surface area (Å²) >= 11 is 11.4. The van der Waals surface area contributed by atoms with Crippen molar-refractivity contribution in [3.8, 4) is 11.8 Å². The van der Waals surface area contributed by atoms with Crippen LogP contribution in [-0.4, -0.2) is 11.3 Å². The van der Waals surface area contributed by atoms with Gasteiger partial charge in [0.25, 0.3) is 0 Å². The van der Waals surface area contributed by atoms with E-state index in [-0.39, 0.29) is 6.42 Å². The van der Waals surface area contributed by atoms with E-state index in [1.165, 1.54) is 6.20 Å². The van der Waals surface area contributed by atoms with E-state index in [9.17, 15) is 4.79 Å². The van der Waals surface area contributed by atoms with Gasteiger partial charge in [-0.05, 0) is 12.0 Å². The summed E-state index contributed by atoms with van der Waals surface area (Å²) in [6, 6.07) is 1.56. The lowest BCUT2D eigenvalue weighted by molar-refractivity contribution is -0.107. The molecule has 0 bridgehead atoms. The van der Waals surface area contributed by atoms with Crippen LogP contribution < -0.4 is 0 Å².